The minimum absolute atomic E-state index is 0.0134. The van der Waals surface area contributed by atoms with Crippen molar-refractivity contribution in [1.29, 1.82) is 0 Å². The lowest BCUT2D eigenvalue weighted by Gasteiger charge is -2.15. The van der Waals surface area contributed by atoms with Gasteiger partial charge in [0.25, 0.3) is 0 Å². The van der Waals surface area contributed by atoms with Crippen LogP contribution in [0, 0.1) is 0 Å². The summed E-state index contributed by atoms with van der Waals surface area (Å²) in [6.07, 6.45) is 0.218. The monoisotopic (exact) mass is 366 g/mol. The minimum atomic E-state index is -0.810. The van der Waals surface area contributed by atoms with E-state index in [0.717, 1.165) is 13.2 Å². The molecule has 0 aliphatic carbocycles. The molecule has 0 atom stereocenters. The molecule has 0 radical (unpaired) electrons. The molecule has 10 heteroatoms. The zero-order chi connectivity index (χ0) is 19.1. The highest BCUT2D eigenvalue weighted by Gasteiger charge is 2.21. The van der Waals surface area contributed by atoms with Gasteiger partial charge in [-0.05, 0) is 6.92 Å². The number of nitrogens with one attached hydrogen (secondary N) is 2. The molecule has 0 unspecified atom stereocenters. The Kier molecular flexibility index (Phi) is 6.25. The maximum absolute atomic E-state index is 11.9. The molecule has 0 bridgehead atoms. The molecule has 26 heavy (non-hydrogen) atoms. The van der Waals surface area contributed by atoms with Gasteiger partial charge in [0.15, 0.2) is 11.5 Å². The van der Waals surface area contributed by atoms with Crippen LogP contribution < -0.4 is 20.1 Å². The van der Waals surface area contributed by atoms with Crippen molar-refractivity contribution in [3.63, 3.8) is 0 Å². The predicted molar refractivity (Wildman–Crippen MR) is 88.9 cm³/mol. The SMILES string of the molecule is CCOC(=O)Nc1cc2c(cc1N/C(=C/C(=O)OC)C(=O)OC)OCO2. The summed E-state index contributed by atoms with van der Waals surface area (Å²) in [5, 5.41) is 5.24. The van der Waals surface area contributed by atoms with Gasteiger partial charge in [-0.2, -0.15) is 0 Å². The van der Waals surface area contributed by atoms with Gasteiger partial charge < -0.3 is 29.0 Å². The lowest BCUT2D eigenvalue weighted by molar-refractivity contribution is -0.138. The molecule has 10 nitrogen and oxygen atoms in total. The van der Waals surface area contributed by atoms with E-state index in [4.69, 9.17) is 14.2 Å². The van der Waals surface area contributed by atoms with Crippen molar-refractivity contribution in [3.8, 4) is 11.5 Å². The Bertz CT molecular complexity index is 744. The Morgan fingerprint density at radius 2 is 1.69 bits per heavy atom. The van der Waals surface area contributed by atoms with Crippen LogP contribution in [0.3, 0.4) is 0 Å². The van der Waals surface area contributed by atoms with E-state index < -0.39 is 18.0 Å². The third-order valence-electron chi connectivity index (χ3n) is 3.16. The van der Waals surface area contributed by atoms with Crippen molar-refractivity contribution >= 4 is 29.4 Å². The average Bonchev–Trinajstić information content (AvgIpc) is 3.07. The average molecular weight is 366 g/mol. The molecule has 2 rings (SSSR count). The third-order valence-corrected chi connectivity index (χ3v) is 3.16. The van der Waals surface area contributed by atoms with Crippen molar-refractivity contribution in [1.82, 2.24) is 0 Å². The Balaban J connectivity index is 2.38. The van der Waals surface area contributed by atoms with Gasteiger partial charge in [0.2, 0.25) is 6.79 Å². The van der Waals surface area contributed by atoms with E-state index in [9.17, 15) is 14.4 Å². The highest BCUT2D eigenvalue weighted by atomic mass is 16.7. The first kappa shape index (κ1) is 18.9. The van der Waals surface area contributed by atoms with Crippen molar-refractivity contribution in [2.45, 2.75) is 6.92 Å². The lowest BCUT2D eigenvalue weighted by Crippen LogP contribution is -2.18. The summed E-state index contributed by atoms with van der Waals surface area (Å²) in [6.45, 7) is 1.85. The van der Waals surface area contributed by atoms with Crippen LogP contribution in [0.5, 0.6) is 11.5 Å². The number of hydrogen-bond acceptors (Lipinski definition) is 9. The molecule has 140 valence electrons. The van der Waals surface area contributed by atoms with Gasteiger partial charge in [0.1, 0.15) is 5.70 Å². The summed E-state index contributed by atoms with van der Waals surface area (Å²) < 4.78 is 24.6. The molecule has 1 amide bonds. The molecule has 0 saturated heterocycles. The standard InChI is InChI=1S/C16H18N2O8/c1-4-24-16(21)18-10-6-13-12(25-8-26-13)5-9(10)17-11(15(20)23-3)7-14(19)22-2/h5-7,17H,4,8H2,1-3H3,(H,18,21)/b11-7+. The van der Waals surface area contributed by atoms with Crippen LogP contribution in [0.4, 0.5) is 16.2 Å². The summed E-state index contributed by atoms with van der Waals surface area (Å²) in [5.74, 6) is -0.781. The Morgan fingerprint density at radius 1 is 1.08 bits per heavy atom. The molecule has 1 aliphatic heterocycles. The minimum Gasteiger partial charge on any atom is -0.466 e. The zero-order valence-corrected chi connectivity index (χ0v) is 14.4. The molecular formula is C16H18N2O8. The molecule has 1 aromatic carbocycles. The second-order valence-electron chi connectivity index (χ2n) is 4.79. The van der Waals surface area contributed by atoms with Gasteiger partial charge in [-0.1, -0.05) is 0 Å². The summed E-state index contributed by atoms with van der Waals surface area (Å²) >= 11 is 0. The number of fused-ring (bicyclic) bond motifs is 1. The number of anilines is 2. The van der Waals surface area contributed by atoms with Gasteiger partial charge in [-0.15, -0.1) is 0 Å². The molecule has 1 heterocycles. The van der Waals surface area contributed by atoms with Gasteiger partial charge in [-0.3, -0.25) is 5.32 Å². The fourth-order valence-corrected chi connectivity index (χ4v) is 2.00. The first-order valence-electron chi connectivity index (χ1n) is 7.50. The smallest absolute Gasteiger partial charge is 0.411 e. The summed E-state index contributed by atoms with van der Waals surface area (Å²) in [5.41, 5.74) is 0.292. The highest BCUT2D eigenvalue weighted by molar-refractivity contribution is 6.00. The highest BCUT2D eigenvalue weighted by Crippen LogP contribution is 2.40. The first-order chi connectivity index (χ1) is 12.5. The van der Waals surface area contributed by atoms with E-state index in [0.29, 0.717) is 11.5 Å². The fraction of sp³-hybridized carbons (Fsp3) is 0.312. The third kappa shape index (κ3) is 4.56. The van der Waals surface area contributed by atoms with Crippen LogP contribution in [0.1, 0.15) is 6.92 Å². The molecule has 0 saturated carbocycles. The number of ether oxygens (including phenoxy) is 5. The maximum Gasteiger partial charge on any atom is 0.411 e. The molecule has 1 aromatic rings. The Hall–Kier alpha value is -3.43. The van der Waals surface area contributed by atoms with E-state index >= 15 is 0 Å². The lowest BCUT2D eigenvalue weighted by atomic mass is 10.2. The normalized spacial score (nSPS) is 12.2. The van der Waals surface area contributed by atoms with Crippen molar-refractivity contribution in [2.75, 3.05) is 38.3 Å². The number of benzene rings is 1. The van der Waals surface area contributed by atoms with Crippen molar-refractivity contribution in [3.05, 3.63) is 23.9 Å². The summed E-state index contributed by atoms with van der Waals surface area (Å²) in [4.78, 5) is 35.1. The molecular weight excluding hydrogens is 348 g/mol. The molecule has 0 aromatic heterocycles. The number of rotatable bonds is 6. The number of esters is 2. The second-order valence-corrected chi connectivity index (χ2v) is 4.79. The Morgan fingerprint density at radius 3 is 2.23 bits per heavy atom. The number of amides is 1. The van der Waals surface area contributed by atoms with Crippen molar-refractivity contribution in [2.24, 2.45) is 0 Å². The topological polar surface area (TPSA) is 121 Å². The summed E-state index contributed by atoms with van der Waals surface area (Å²) in [7, 11) is 2.33. The van der Waals surface area contributed by atoms with Gasteiger partial charge in [-0.25, -0.2) is 14.4 Å². The number of hydrogen-bond donors (Lipinski definition) is 2. The fourth-order valence-electron chi connectivity index (χ4n) is 2.00. The van der Waals surface area contributed by atoms with Crippen LogP contribution in [-0.4, -0.2) is 45.7 Å². The van der Waals surface area contributed by atoms with Gasteiger partial charge in [0.05, 0.1) is 38.3 Å². The maximum atomic E-state index is 11.9. The van der Waals surface area contributed by atoms with Crippen LogP contribution in [0.15, 0.2) is 23.9 Å². The van der Waals surface area contributed by atoms with Crippen LogP contribution >= 0.6 is 0 Å². The Labute approximate surface area is 149 Å². The van der Waals surface area contributed by atoms with Gasteiger partial charge in [0, 0.05) is 12.1 Å². The van der Waals surface area contributed by atoms with Crippen LogP contribution in [0.2, 0.25) is 0 Å². The van der Waals surface area contributed by atoms with E-state index in [2.05, 4.69) is 20.1 Å². The number of carbonyl (C=O) groups excluding carboxylic acids is 3. The molecule has 1 aliphatic rings. The number of carbonyl (C=O) groups is 3. The van der Waals surface area contributed by atoms with E-state index in [1.54, 1.807) is 6.92 Å². The number of methoxy groups -OCH3 is 2. The molecule has 2 N–H and O–H groups in total. The van der Waals surface area contributed by atoms with Crippen LogP contribution in [0.25, 0.3) is 0 Å². The van der Waals surface area contributed by atoms with E-state index in [1.807, 2.05) is 0 Å². The molecule has 0 fully saturated rings. The van der Waals surface area contributed by atoms with E-state index in [-0.39, 0.29) is 30.5 Å². The largest absolute Gasteiger partial charge is 0.466 e. The van der Waals surface area contributed by atoms with E-state index in [1.165, 1.54) is 19.2 Å². The second kappa shape index (κ2) is 8.60. The van der Waals surface area contributed by atoms with Crippen LogP contribution in [-0.2, 0) is 23.8 Å². The first-order valence-corrected chi connectivity index (χ1v) is 7.50. The quantitative estimate of drug-likeness (QED) is 0.439. The predicted octanol–water partition coefficient (Wildman–Crippen LogP) is 1.63. The van der Waals surface area contributed by atoms with Gasteiger partial charge >= 0.3 is 18.0 Å². The summed E-state index contributed by atoms with van der Waals surface area (Å²) in [6, 6.07) is 2.99. The molecule has 0 spiro atoms. The van der Waals surface area contributed by atoms with Crippen molar-refractivity contribution < 1.29 is 38.1 Å². The zero-order valence-electron chi connectivity index (χ0n) is 14.4.